The molecule has 0 spiro atoms. The van der Waals surface area contributed by atoms with E-state index in [1.165, 1.54) is 9.21 Å². The number of sulfonamides is 1. The summed E-state index contributed by atoms with van der Waals surface area (Å²) >= 11 is 0. The van der Waals surface area contributed by atoms with E-state index in [1.54, 1.807) is 26.2 Å². The van der Waals surface area contributed by atoms with Crippen LogP contribution in [0.15, 0.2) is 24.3 Å². The molecule has 150 valence electrons. The lowest BCUT2D eigenvalue weighted by atomic mass is 10.1. The van der Waals surface area contributed by atoms with Crippen LogP contribution in [0.5, 0.6) is 0 Å². The average Bonchev–Trinajstić information content (AvgIpc) is 2.66. The van der Waals surface area contributed by atoms with Crippen molar-refractivity contribution in [3.05, 3.63) is 35.4 Å². The molecule has 0 unspecified atom stereocenters. The molecule has 1 heterocycles. The molecule has 8 heteroatoms. The van der Waals surface area contributed by atoms with Gasteiger partial charge in [-0.2, -0.15) is 0 Å². The molecule has 1 fully saturated rings. The van der Waals surface area contributed by atoms with Crippen LogP contribution in [0.1, 0.15) is 41.6 Å². The number of hydrogen-bond acceptors (Lipinski definition) is 4. The second-order valence-corrected chi connectivity index (χ2v) is 9.11. The SMILES string of the molecule is CN(C)C(=O)c1ccc(CCC(=O)NCCS(=O)(=O)N2CCCCC2)cc1. The Morgan fingerprint density at radius 2 is 1.70 bits per heavy atom. The highest BCUT2D eigenvalue weighted by Crippen LogP contribution is 2.13. The highest BCUT2D eigenvalue weighted by molar-refractivity contribution is 7.89. The van der Waals surface area contributed by atoms with Gasteiger partial charge in [0.15, 0.2) is 0 Å². The van der Waals surface area contributed by atoms with Crippen molar-refractivity contribution in [2.45, 2.75) is 32.1 Å². The molecule has 27 heavy (non-hydrogen) atoms. The Morgan fingerprint density at radius 1 is 1.07 bits per heavy atom. The van der Waals surface area contributed by atoms with Gasteiger partial charge in [0.1, 0.15) is 0 Å². The maximum atomic E-state index is 12.2. The molecule has 0 aromatic heterocycles. The number of carbonyl (C=O) groups is 2. The minimum Gasteiger partial charge on any atom is -0.355 e. The molecule has 1 aromatic rings. The van der Waals surface area contributed by atoms with E-state index in [0.29, 0.717) is 25.1 Å². The third-order valence-corrected chi connectivity index (χ3v) is 6.51. The summed E-state index contributed by atoms with van der Waals surface area (Å²) in [6.07, 6.45) is 3.72. The lowest BCUT2D eigenvalue weighted by molar-refractivity contribution is -0.120. The third kappa shape index (κ3) is 6.62. The van der Waals surface area contributed by atoms with Crippen molar-refractivity contribution >= 4 is 21.8 Å². The van der Waals surface area contributed by atoms with Gasteiger partial charge in [0.05, 0.1) is 5.75 Å². The van der Waals surface area contributed by atoms with Gasteiger partial charge in [0.2, 0.25) is 15.9 Å². The highest BCUT2D eigenvalue weighted by atomic mass is 32.2. The van der Waals surface area contributed by atoms with E-state index in [4.69, 9.17) is 0 Å². The van der Waals surface area contributed by atoms with E-state index in [1.807, 2.05) is 12.1 Å². The van der Waals surface area contributed by atoms with Crippen LogP contribution >= 0.6 is 0 Å². The second kappa shape index (κ2) is 9.85. The lowest BCUT2D eigenvalue weighted by Gasteiger charge is -2.25. The molecule has 1 N–H and O–H groups in total. The largest absolute Gasteiger partial charge is 0.355 e. The first kappa shape index (κ1) is 21.4. The predicted molar refractivity (Wildman–Crippen MR) is 105 cm³/mol. The Labute approximate surface area is 161 Å². The fraction of sp³-hybridized carbons (Fsp3) is 0.579. The summed E-state index contributed by atoms with van der Waals surface area (Å²) in [6, 6.07) is 7.18. The van der Waals surface area contributed by atoms with Crippen molar-refractivity contribution in [1.29, 1.82) is 0 Å². The van der Waals surface area contributed by atoms with E-state index in [0.717, 1.165) is 24.8 Å². The zero-order valence-corrected chi connectivity index (χ0v) is 16.9. The zero-order valence-electron chi connectivity index (χ0n) is 16.1. The van der Waals surface area contributed by atoms with Gasteiger partial charge < -0.3 is 10.2 Å². The lowest BCUT2D eigenvalue weighted by Crippen LogP contribution is -2.40. The summed E-state index contributed by atoms with van der Waals surface area (Å²) in [5, 5.41) is 2.69. The van der Waals surface area contributed by atoms with Crippen LogP contribution < -0.4 is 5.32 Å². The first-order chi connectivity index (χ1) is 12.8. The summed E-state index contributed by atoms with van der Waals surface area (Å²) in [4.78, 5) is 25.3. The first-order valence-corrected chi connectivity index (χ1v) is 11.0. The number of piperidine rings is 1. The summed E-state index contributed by atoms with van der Waals surface area (Å²) in [5.74, 6) is -0.286. The van der Waals surface area contributed by atoms with Crippen LogP contribution in [0, 0.1) is 0 Å². The van der Waals surface area contributed by atoms with Crippen LogP contribution in [-0.4, -0.2) is 68.9 Å². The second-order valence-electron chi connectivity index (χ2n) is 7.02. The number of rotatable bonds is 8. The van der Waals surface area contributed by atoms with Crippen LogP contribution in [0.25, 0.3) is 0 Å². The molecule has 0 atom stereocenters. The van der Waals surface area contributed by atoms with Crippen molar-refractivity contribution in [2.24, 2.45) is 0 Å². The maximum Gasteiger partial charge on any atom is 0.253 e. The molecule has 1 saturated heterocycles. The van der Waals surface area contributed by atoms with Crippen LogP contribution in [0.2, 0.25) is 0 Å². The molecule has 1 aromatic carbocycles. The molecule has 0 radical (unpaired) electrons. The molecule has 0 saturated carbocycles. The van der Waals surface area contributed by atoms with Crippen molar-refractivity contribution < 1.29 is 18.0 Å². The predicted octanol–water partition coefficient (Wildman–Crippen LogP) is 1.25. The molecule has 2 rings (SSSR count). The van der Waals surface area contributed by atoms with Gasteiger partial charge in [-0.1, -0.05) is 18.6 Å². The summed E-state index contributed by atoms with van der Waals surface area (Å²) < 4.78 is 26.0. The van der Waals surface area contributed by atoms with Crippen LogP contribution in [0.4, 0.5) is 0 Å². The van der Waals surface area contributed by atoms with Crippen molar-refractivity contribution in [3.63, 3.8) is 0 Å². The van der Waals surface area contributed by atoms with Crippen LogP contribution in [-0.2, 0) is 21.2 Å². The molecule has 1 aliphatic rings. The molecule has 0 aliphatic carbocycles. The monoisotopic (exact) mass is 395 g/mol. The number of aryl methyl sites for hydroxylation is 1. The third-order valence-electron chi connectivity index (χ3n) is 4.64. The smallest absolute Gasteiger partial charge is 0.253 e. The van der Waals surface area contributed by atoms with E-state index < -0.39 is 10.0 Å². The van der Waals surface area contributed by atoms with E-state index in [-0.39, 0.29) is 30.5 Å². The Morgan fingerprint density at radius 3 is 2.30 bits per heavy atom. The Bertz CT molecular complexity index is 739. The molecule has 2 amide bonds. The van der Waals surface area contributed by atoms with Crippen molar-refractivity contribution in [2.75, 3.05) is 39.5 Å². The topological polar surface area (TPSA) is 86.8 Å². The Balaban J connectivity index is 1.72. The molecule has 1 aliphatic heterocycles. The molecule has 7 nitrogen and oxygen atoms in total. The fourth-order valence-corrected chi connectivity index (χ4v) is 4.44. The minimum absolute atomic E-state index is 0.0555. The standard InChI is InChI=1S/C19H29N3O4S/c1-21(2)19(24)17-9-6-16(7-10-17)8-11-18(23)20-12-15-27(25,26)22-13-4-3-5-14-22/h6-7,9-10H,3-5,8,11-15H2,1-2H3,(H,20,23). The molecular formula is C19H29N3O4S. The van der Waals surface area contributed by atoms with Crippen molar-refractivity contribution in [3.8, 4) is 0 Å². The van der Waals surface area contributed by atoms with Gasteiger partial charge in [-0.15, -0.1) is 0 Å². The van der Waals surface area contributed by atoms with Gasteiger partial charge in [-0.05, 0) is 37.0 Å². The molecular weight excluding hydrogens is 366 g/mol. The van der Waals surface area contributed by atoms with Crippen LogP contribution in [0.3, 0.4) is 0 Å². The minimum atomic E-state index is -3.28. The number of nitrogens with one attached hydrogen (secondary N) is 1. The maximum absolute atomic E-state index is 12.2. The first-order valence-electron chi connectivity index (χ1n) is 9.35. The van der Waals surface area contributed by atoms with Gasteiger partial charge in [-0.25, -0.2) is 12.7 Å². The van der Waals surface area contributed by atoms with Gasteiger partial charge >= 0.3 is 0 Å². The number of carbonyl (C=O) groups excluding carboxylic acids is 2. The Hall–Kier alpha value is -1.93. The summed E-state index contributed by atoms with van der Waals surface area (Å²) in [5.41, 5.74) is 1.57. The van der Waals surface area contributed by atoms with Gasteiger partial charge in [0.25, 0.3) is 5.91 Å². The number of amides is 2. The molecule has 0 bridgehead atoms. The Kier molecular flexibility index (Phi) is 7.79. The summed E-state index contributed by atoms with van der Waals surface area (Å²) in [7, 11) is 0.118. The van der Waals surface area contributed by atoms with Gasteiger partial charge in [0, 0.05) is 45.7 Å². The van der Waals surface area contributed by atoms with Crippen molar-refractivity contribution in [1.82, 2.24) is 14.5 Å². The zero-order chi connectivity index (χ0) is 19.9. The van der Waals surface area contributed by atoms with E-state index in [2.05, 4.69) is 5.32 Å². The van der Waals surface area contributed by atoms with E-state index >= 15 is 0 Å². The average molecular weight is 396 g/mol. The highest BCUT2D eigenvalue weighted by Gasteiger charge is 2.23. The number of hydrogen-bond donors (Lipinski definition) is 1. The quantitative estimate of drug-likeness (QED) is 0.718. The summed E-state index contributed by atoms with van der Waals surface area (Å²) in [6.45, 7) is 1.30. The number of benzene rings is 1. The van der Waals surface area contributed by atoms with Gasteiger partial charge in [-0.3, -0.25) is 9.59 Å². The normalized spacial score (nSPS) is 15.3. The number of nitrogens with zero attached hydrogens (tertiary/aromatic N) is 2. The van der Waals surface area contributed by atoms with E-state index in [9.17, 15) is 18.0 Å². The fourth-order valence-electron chi connectivity index (χ4n) is 3.01.